The first kappa shape index (κ1) is 29.8. The highest BCUT2D eigenvalue weighted by Crippen LogP contribution is 2.55. The number of hydrogen-bond donors (Lipinski definition) is 1. The van der Waals surface area contributed by atoms with E-state index in [0.717, 1.165) is 19.3 Å². The molecule has 0 aliphatic carbocycles. The van der Waals surface area contributed by atoms with Crippen molar-refractivity contribution in [3.8, 4) is 0 Å². The summed E-state index contributed by atoms with van der Waals surface area (Å²) in [6.07, 6.45) is 9.44. The standard InChI is InChI=1S/C31H49N3O5/c1-9-15-32-16-11-13-22-23(26(32)36)24-27(37)34(21(18-35)20(3)10-2)25-28(38)33(17-12-14-31(24,25)39-22)30(7,8)19-29(4,5)6/h11-14,20-25,35H,9-10,15-19H2,1-8H3/t20-,21-,22+,23-,24-,25?,31-/m0/s1. The number of carbonyl (C=O) groups is 3. The van der Waals surface area contributed by atoms with Crippen LogP contribution in [0.1, 0.15) is 74.7 Å². The molecule has 0 radical (unpaired) electrons. The first-order chi connectivity index (χ1) is 18.2. The van der Waals surface area contributed by atoms with Crippen LogP contribution in [0.25, 0.3) is 0 Å². The van der Waals surface area contributed by atoms with E-state index in [2.05, 4.69) is 34.6 Å². The lowest BCUT2D eigenvalue weighted by molar-refractivity contribution is -0.156. The number of carbonyl (C=O) groups excluding carboxylic acids is 3. The summed E-state index contributed by atoms with van der Waals surface area (Å²) in [5, 5.41) is 10.6. The van der Waals surface area contributed by atoms with Crippen LogP contribution in [-0.4, -0.2) is 93.1 Å². The summed E-state index contributed by atoms with van der Waals surface area (Å²) in [5.41, 5.74) is -1.78. The first-order valence-electron chi connectivity index (χ1n) is 14.8. The average Bonchev–Trinajstić information content (AvgIpc) is 3.15. The van der Waals surface area contributed by atoms with E-state index in [1.165, 1.54) is 0 Å². The van der Waals surface area contributed by atoms with E-state index in [-0.39, 0.29) is 35.7 Å². The summed E-state index contributed by atoms with van der Waals surface area (Å²) in [6, 6.07) is -1.50. The highest BCUT2D eigenvalue weighted by atomic mass is 16.5. The molecule has 7 atom stereocenters. The van der Waals surface area contributed by atoms with Crippen LogP contribution >= 0.6 is 0 Å². The maximum atomic E-state index is 14.7. The summed E-state index contributed by atoms with van der Waals surface area (Å²) in [7, 11) is 0. The lowest BCUT2D eigenvalue weighted by Crippen LogP contribution is -2.62. The molecule has 39 heavy (non-hydrogen) atoms. The monoisotopic (exact) mass is 543 g/mol. The fraction of sp³-hybridized carbons (Fsp3) is 0.774. The fourth-order valence-corrected chi connectivity index (χ4v) is 7.71. The van der Waals surface area contributed by atoms with Crippen molar-refractivity contribution in [3.05, 3.63) is 24.3 Å². The Morgan fingerprint density at radius 2 is 1.74 bits per heavy atom. The zero-order valence-corrected chi connectivity index (χ0v) is 25.1. The first-order valence-corrected chi connectivity index (χ1v) is 14.8. The van der Waals surface area contributed by atoms with Gasteiger partial charge in [0.1, 0.15) is 11.6 Å². The van der Waals surface area contributed by atoms with Crippen molar-refractivity contribution in [2.75, 3.05) is 26.2 Å². The normalized spacial score (nSPS) is 32.6. The molecule has 8 nitrogen and oxygen atoms in total. The van der Waals surface area contributed by atoms with Gasteiger partial charge in [0, 0.05) is 25.2 Å². The Balaban J connectivity index is 1.86. The van der Waals surface area contributed by atoms with Gasteiger partial charge in [0.05, 0.1) is 30.6 Å². The molecule has 218 valence electrons. The largest absolute Gasteiger partial charge is 0.394 e. The van der Waals surface area contributed by atoms with Crippen molar-refractivity contribution >= 4 is 17.7 Å². The molecule has 3 amide bonds. The molecule has 4 aliphatic heterocycles. The predicted octanol–water partition coefficient (Wildman–Crippen LogP) is 3.40. The van der Waals surface area contributed by atoms with E-state index in [1.807, 2.05) is 50.0 Å². The van der Waals surface area contributed by atoms with Crippen molar-refractivity contribution < 1.29 is 24.2 Å². The highest BCUT2D eigenvalue weighted by molar-refractivity contribution is 6.00. The molecule has 1 N–H and O–H groups in total. The van der Waals surface area contributed by atoms with Gasteiger partial charge in [-0.2, -0.15) is 0 Å². The third kappa shape index (κ3) is 4.96. The summed E-state index contributed by atoms with van der Waals surface area (Å²) >= 11 is 0. The molecule has 1 unspecified atom stereocenters. The number of hydrogen-bond acceptors (Lipinski definition) is 5. The van der Waals surface area contributed by atoms with Gasteiger partial charge in [-0.05, 0) is 38.0 Å². The topological polar surface area (TPSA) is 90.4 Å². The second kappa shape index (κ2) is 10.7. The van der Waals surface area contributed by atoms with Gasteiger partial charge in [0.15, 0.2) is 0 Å². The number of ether oxygens (including phenoxy) is 1. The number of aliphatic hydroxyl groups is 1. The van der Waals surface area contributed by atoms with Crippen molar-refractivity contribution in [3.63, 3.8) is 0 Å². The van der Waals surface area contributed by atoms with Gasteiger partial charge in [-0.25, -0.2) is 0 Å². The third-order valence-corrected chi connectivity index (χ3v) is 9.21. The van der Waals surface area contributed by atoms with Crippen molar-refractivity contribution in [2.45, 2.75) is 104 Å². The van der Waals surface area contributed by atoms with Gasteiger partial charge >= 0.3 is 0 Å². The molecule has 0 aromatic heterocycles. The maximum Gasteiger partial charge on any atom is 0.249 e. The highest BCUT2D eigenvalue weighted by Gasteiger charge is 2.73. The van der Waals surface area contributed by atoms with E-state index < -0.39 is 41.2 Å². The van der Waals surface area contributed by atoms with Crippen LogP contribution in [0, 0.1) is 23.2 Å². The van der Waals surface area contributed by atoms with Gasteiger partial charge in [-0.15, -0.1) is 0 Å². The predicted molar refractivity (Wildman–Crippen MR) is 151 cm³/mol. The van der Waals surface area contributed by atoms with Crippen LogP contribution < -0.4 is 0 Å². The number of likely N-dealkylation sites (tertiary alicyclic amines) is 1. The van der Waals surface area contributed by atoms with Crippen molar-refractivity contribution in [1.29, 1.82) is 0 Å². The molecule has 2 saturated heterocycles. The molecule has 4 heterocycles. The summed E-state index contributed by atoms with van der Waals surface area (Å²) < 4.78 is 6.77. The number of rotatable bonds is 8. The Kier molecular flexibility index (Phi) is 8.14. The van der Waals surface area contributed by atoms with Crippen molar-refractivity contribution in [1.82, 2.24) is 14.7 Å². The van der Waals surface area contributed by atoms with Gasteiger partial charge in [-0.3, -0.25) is 14.4 Å². The van der Waals surface area contributed by atoms with Crippen LogP contribution in [0.3, 0.4) is 0 Å². The molecule has 0 aromatic carbocycles. The smallest absolute Gasteiger partial charge is 0.249 e. The minimum Gasteiger partial charge on any atom is -0.394 e. The van der Waals surface area contributed by atoms with E-state index in [0.29, 0.717) is 19.6 Å². The molecule has 4 rings (SSSR count). The molecule has 2 fully saturated rings. The van der Waals surface area contributed by atoms with Crippen LogP contribution in [0.2, 0.25) is 0 Å². The molecular weight excluding hydrogens is 494 g/mol. The molecule has 4 aliphatic rings. The molecule has 1 spiro atoms. The lowest BCUT2D eigenvalue weighted by atomic mass is 9.77. The Morgan fingerprint density at radius 3 is 2.33 bits per heavy atom. The average molecular weight is 544 g/mol. The minimum absolute atomic E-state index is 0.0213. The van der Waals surface area contributed by atoms with Gasteiger partial charge in [-0.1, -0.05) is 72.3 Å². The zero-order valence-electron chi connectivity index (χ0n) is 25.1. The second-order valence-electron chi connectivity index (χ2n) is 13.8. The van der Waals surface area contributed by atoms with Gasteiger partial charge in [0.2, 0.25) is 17.7 Å². The molecule has 0 aromatic rings. The van der Waals surface area contributed by atoms with Crippen LogP contribution in [0.15, 0.2) is 24.3 Å². The Bertz CT molecular complexity index is 1030. The van der Waals surface area contributed by atoms with E-state index in [9.17, 15) is 19.5 Å². The third-order valence-electron chi connectivity index (χ3n) is 9.21. The van der Waals surface area contributed by atoms with Crippen LogP contribution in [-0.2, 0) is 19.1 Å². The minimum atomic E-state index is -1.27. The van der Waals surface area contributed by atoms with E-state index in [4.69, 9.17) is 4.74 Å². The summed E-state index contributed by atoms with van der Waals surface area (Å²) in [4.78, 5) is 48.5. The molecule has 0 bridgehead atoms. The molecule has 0 saturated carbocycles. The number of amides is 3. The lowest BCUT2D eigenvalue weighted by Gasteiger charge is -2.46. The van der Waals surface area contributed by atoms with Gasteiger partial charge < -0.3 is 24.5 Å². The van der Waals surface area contributed by atoms with E-state index >= 15 is 0 Å². The summed E-state index contributed by atoms with van der Waals surface area (Å²) in [6.45, 7) is 17.9. The Morgan fingerprint density at radius 1 is 1.05 bits per heavy atom. The van der Waals surface area contributed by atoms with Crippen LogP contribution in [0.5, 0.6) is 0 Å². The second-order valence-corrected chi connectivity index (χ2v) is 13.8. The SMILES string of the molecule is CCCN1CC=C[C@H]2O[C@]34C=CCN(C(C)(C)CC(C)(C)C)C(=O)C3N([C@@H](CO)[C@@H](C)CC)C(=O)[C@@H]4[C@H]2C1=O. The maximum absolute atomic E-state index is 14.7. The number of fused-ring (bicyclic) bond motifs is 2. The Hall–Kier alpha value is -2.19. The van der Waals surface area contributed by atoms with E-state index in [1.54, 1.807) is 9.80 Å². The quantitative estimate of drug-likeness (QED) is 0.474. The van der Waals surface area contributed by atoms with Crippen molar-refractivity contribution in [2.24, 2.45) is 23.2 Å². The molecular formula is C31H49N3O5. The molecule has 8 heteroatoms. The fourth-order valence-electron chi connectivity index (χ4n) is 7.71. The van der Waals surface area contributed by atoms with Crippen LogP contribution in [0.4, 0.5) is 0 Å². The summed E-state index contributed by atoms with van der Waals surface area (Å²) in [5.74, 6) is -2.11. The zero-order chi connectivity index (χ0) is 28.9. The Labute approximate surface area is 234 Å². The number of nitrogens with zero attached hydrogens (tertiary/aromatic N) is 3. The number of aliphatic hydroxyl groups excluding tert-OH is 1. The van der Waals surface area contributed by atoms with Gasteiger partial charge in [0.25, 0.3) is 0 Å².